The van der Waals surface area contributed by atoms with Crippen LogP contribution >= 0.6 is 11.6 Å². The molecule has 0 aliphatic carbocycles. The second-order valence-corrected chi connectivity index (χ2v) is 10.3. The van der Waals surface area contributed by atoms with Crippen molar-refractivity contribution in [2.24, 2.45) is 0 Å². The monoisotopic (exact) mass is 551 g/mol. The Hall–Kier alpha value is -4.63. The molecule has 4 rings (SSSR count). The lowest BCUT2D eigenvalue weighted by Crippen LogP contribution is -2.42. The van der Waals surface area contributed by atoms with E-state index in [-0.39, 0.29) is 39.2 Å². The Morgan fingerprint density at radius 1 is 1.15 bits per heavy atom. The number of anilines is 1. The molecule has 13 heteroatoms. The number of pyridine rings is 1. The molecule has 12 nitrogen and oxygen atoms in total. The minimum Gasteiger partial charge on any atom is -0.347 e. The highest BCUT2D eigenvalue weighted by atomic mass is 35.5. The number of aryl methyl sites for hydroxylation is 1. The fraction of sp³-hybridized carbons (Fsp3) is 0.308. The third kappa shape index (κ3) is 6.27. The van der Waals surface area contributed by atoms with Crippen LogP contribution in [0.25, 0.3) is 5.82 Å². The molecule has 0 radical (unpaired) electrons. The molecule has 1 fully saturated rings. The first-order valence-corrected chi connectivity index (χ1v) is 12.4. The molecule has 39 heavy (non-hydrogen) atoms. The van der Waals surface area contributed by atoms with Crippen LogP contribution in [0.3, 0.4) is 0 Å². The Balaban J connectivity index is 1.70. The maximum atomic E-state index is 13.6. The van der Waals surface area contributed by atoms with Gasteiger partial charge in [-0.15, -0.1) is 5.10 Å². The minimum absolute atomic E-state index is 0.0726. The van der Waals surface area contributed by atoms with Crippen molar-refractivity contribution in [2.45, 2.75) is 39.7 Å². The van der Waals surface area contributed by atoms with Gasteiger partial charge in [-0.25, -0.2) is 19.3 Å². The number of carbonyl (C=O) groups is 3. The zero-order chi connectivity index (χ0) is 28.3. The van der Waals surface area contributed by atoms with Gasteiger partial charge in [-0.05, 0) is 63.9 Å². The van der Waals surface area contributed by atoms with Crippen molar-refractivity contribution in [3.63, 3.8) is 0 Å². The van der Waals surface area contributed by atoms with E-state index in [1.54, 1.807) is 25.1 Å². The van der Waals surface area contributed by atoms with E-state index in [0.29, 0.717) is 18.7 Å². The van der Waals surface area contributed by atoms with E-state index in [4.69, 9.17) is 21.4 Å². The summed E-state index contributed by atoms with van der Waals surface area (Å²) in [7, 11) is 0. The van der Waals surface area contributed by atoms with Crippen LogP contribution in [0.2, 0.25) is 5.02 Å². The van der Waals surface area contributed by atoms with E-state index >= 15 is 0 Å². The maximum absolute atomic E-state index is 13.6. The van der Waals surface area contributed by atoms with Crippen molar-refractivity contribution >= 4 is 35.2 Å². The summed E-state index contributed by atoms with van der Waals surface area (Å²) < 4.78 is 1.14. The van der Waals surface area contributed by atoms with Crippen molar-refractivity contribution in [3.8, 4) is 17.8 Å². The zero-order valence-electron chi connectivity index (χ0n) is 21.7. The van der Waals surface area contributed by atoms with E-state index in [0.717, 1.165) is 11.1 Å². The molecule has 0 unspecified atom stereocenters. The van der Waals surface area contributed by atoms with Gasteiger partial charge in [0.25, 0.3) is 17.7 Å². The number of nitrogens with one attached hydrogen (secondary N) is 2. The highest BCUT2D eigenvalue weighted by molar-refractivity contribution is 6.32. The molecule has 0 atom stereocenters. The predicted molar refractivity (Wildman–Crippen MR) is 141 cm³/mol. The molecule has 1 aliphatic rings. The van der Waals surface area contributed by atoms with Crippen LogP contribution in [-0.4, -0.2) is 56.2 Å². The van der Waals surface area contributed by atoms with Gasteiger partial charge in [0.1, 0.15) is 5.69 Å². The lowest BCUT2D eigenvalue weighted by atomic mass is 10.0. The van der Waals surface area contributed by atoms with Crippen LogP contribution in [-0.2, 0) is 4.89 Å². The Morgan fingerprint density at radius 2 is 1.90 bits per heavy atom. The number of halogens is 1. The third-order valence-electron chi connectivity index (χ3n) is 5.61. The molecule has 202 valence electrons. The normalized spacial score (nSPS) is 12.7. The molecule has 0 spiro atoms. The van der Waals surface area contributed by atoms with Crippen molar-refractivity contribution < 1.29 is 24.2 Å². The van der Waals surface area contributed by atoms with Crippen molar-refractivity contribution in [1.82, 2.24) is 25.0 Å². The molecule has 3 heterocycles. The maximum Gasteiger partial charge on any atom is 0.452 e. The largest absolute Gasteiger partial charge is 0.452 e. The number of aromatic nitrogens is 3. The zero-order valence-corrected chi connectivity index (χ0v) is 22.5. The topological polar surface area (TPSA) is 151 Å². The summed E-state index contributed by atoms with van der Waals surface area (Å²) in [6, 6.07) is 9.41. The smallest absolute Gasteiger partial charge is 0.347 e. The van der Waals surface area contributed by atoms with E-state index in [2.05, 4.69) is 20.7 Å². The quantitative estimate of drug-likeness (QED) is 0.344. The fourth-order valence-corrected chi connectivity index (χ4v) is 3.87. The summed E-state index contributed by atoms with van der Waals surface area (Å²) in [6.07, 6.45) is 1.66. The van der Waals surface area contributed by atoms with E-state index in [9.17, 15) is 19.6 Å². The number of rotatable bonds is 6. The number of benzene rings is 1. The summed E-state index contributed by atoms with van der Waals surface area (Å²) in [5.41, 5.74) is 0.418. The standard InChI is InChI=1S/C26H26ClN7O5/c1-15-11-16(14-28)12-17(23(35)31-26(2,3)4)21(15)30-24(36)19-13-20(38-39-25(37)33-9-6-10-33)32-34(19)22-18(27)7-5-8-29-22/h5,7-8,11-13H,6,9-10H2,1-4H3,(H,30,36)(H,31,35). The van der Waals surface area contributed by atoms with Crippen molar-refractivity contribution in [1.29, 1.82) is 5.26 Å². The fourth-order valence-electron chi connectivity index (χ4n) is 3.67. The van der Waals surface area contributed by atoms with Gasteiger partial charge >= 0.3 is 6.09 Å². The number of hydrogen-bond acceptors (Lipinski definition) is 8. The van der Waals surface area contributed by atoms with E-state index in [1.165, 1.54) is 23.2 Å². The third-order valence-corrected chi connectivity index (χ3v) is 5.90. The van der Waals surface area contributed by atoms with Gasteiger partial charge in [-0.2, -0.15) is 5.26 Å². The molecule has 3 aromatic rings. The van der Waals surface area contributed by atoms with Gasteiger partial charge in [0, 0.05) is 30.9 Å². The van der Waals surface area contributed by atoms with E-state index in [1.807, 2.05) is 26.8 Å². The number of carbonyl (C=O) groups excluding carboxylic acids is 3. The molecular formula is C26H26ClN7O5. The summed E-state index contributed by atoms with van der Waals surface area (Å²) in [6.45, 7) is 8.23. The number of amides is 3. The van der Waals surface area contributed by atoms with Crippen LogP contribution in [0.15, 0.2) is 36.5 Å². The summed E-state index contributed by atoms with van der Waals surface area (Å²) in [4.78, 5) is 54.3. The van der Waals surface area contributed by atoms with Gasteiger partial charge in [-0.1, -0.05) is 11.6 Å². The van der Waals surface area contributed by atoms with Crippen molar-refractivity contribution in [3.05, 3.63) is 63.9 Å². The van der Waals surface area contributed by atoms with Crippen molar-refractivity contribution in [2.75, 3.05) is 18.4 Å². The Kier molecular flexibility index (Phi) is 7.73. The average Bonchev–Trinajstić information content (AvgIpc) is 3.26. The summed E-state index contributed by atoms with van der Waals surface area (Å²) in [5.74, 6) is -1.24. The minimum atomic E-state index is -0.689. The number of nitrogens with zero attached hydrogens (tertiary/aromatic N) is 5. The number of likely N-dealkylation sites (tertiary alicyclic amines) is 1. The predicted octanol–water partition coefficient (Wildman–Crippen LogP) is 4.02. The molecule has 2 aromatic heterocycles. The van der Waals surface area contributed by atoms with Gasteiger partial charge in [0.2, 0.25) is 0 Å². The highest BCUT2D eigenvalue weighted by Gasteiger charge is 2.27. The molecule has 3 amide bonds. The second-order valence-electron chi connectivity index (χ2n) is 9.85. The van der Waals surface area contributed by atoms with Crippen LogP contribution in [0.1, 0.15) is 59.2 Å². The van der Waals surface area contributed by atoms with Crippen LogP contribution in [0.5, 0.6) is 5.88 Å². The Morgan fingerprint density at radius 3 is 2.51 bits per heavy atom. The van der Waals surface area contributed by atoms with Gasteiger partial charge in [0.15, 0.2) is 5.82 Å². The van der Waals surface area contributed by atoms with Crippen LogP contribution in [0.4, 0.5) is 10.5 Å². The molecule has 1 saturated heterocycles. The summed E-state index contributed by atoms with van der Waals surface area (Å²) in [5, 5.41) is 19.4. The van der Waals surface area contributed by atoms with E-state index < -0.39 is 23.4 Å². The lowest BCUT2D eigenvalue weighted by Gasteiger charge is -2.28. The first-order chi connectivity index (χ1) is 18.5. The second kappa shape index (κ2) is 11.0. The van der Waals surface area contributed by atoms with Gasteiger partial charge in [0.05, 0.1) is 27.9 Å². The SMILES string of the molecule is Cc1cc(C#N)cc(C(=O)NC(C)(C)C)c1NC(=O)c1cc(OOC(=O)N2CCC2)nn1-c1ncccc1Cl. The number of hydrogen-bond donors (Lipinski definition) is 2. The Labute approximate surface area is 229 Å². The molecule has 2 N–H and O–H groups in total. The Bertz CT molecular complexity index is 1480. The lowest BCUT2D eigenvalue weighted by molar-refractivity contribution is -0.161. The first-order valence-electron chi connectivity index (χ1n) is 12.0. The van der Waals surface area contributed by atoms with Gasteiger partial charge < -0.3 is 15.5 Å². The summed E-state index contributed by atoms with van der Waals surface area (Å²) >= 11 is 6.32. The molecule has 0 bridgehead atoms. The first kappa shape index (κ1) is 27.4. The molecule has 0 saturated carbocycles. The van der Waals surface area contributed by atoms with Crippen LogP contribution < -0.4 is 15.5 Å². The van der Waals surface area contributed by atoms with Gasteiger partial charge in [-0.3, -0.25) is 14.5 Å². The highest BCUT2D eigenvalue weighted by Crippen LogP contribution is 2.27. The van der Waals surface area contributed by atoms with Crippen LogP contribution in [0, 0.1) is 18.3 Å². The molecular weight excluding hydrogens is 526 g/mol. The molecule has 1 aromatic carbocycles. The average molecular weight is 552 g/mol. The molecule has 1 aliphatic heterocycles. The number of nitriles is 1.